The quantitative estimate of drug-likeness (QED) is 0.895. The standard InChI is InChI=1S/C13H17N5O.ClH/c1-8-10(9(2)18(3)17-8)7-16-13(19)11-6-15-5-4-12(11)14;/h4-6H,7H2,1-3H3,(H2,14,15)(H,16,19);1H. The Balaban J connectivity index is 0.00000200. The summed E-state index contributed by atoms with van der Waals surface area (Å²) in [7, 11) is 1.88. The van der Waals surface area contributed by atoms with E-state index in [9.17, 15) is 4.79 Å². The molecule has 0 aliphatic rings. The summed E-state index contributed by atoms with van der Waals surface area (Å²) in [5, 5.41) is 7.15. The van der Waals surface area contributed by atoms with Crippen LogP contribution in [0, 0.1) is 13.8 Å². The van der Waals surface area contributed by atoms with Crippen LogP contribution in [-0.2, 0) is 13.6 Å². The molecule has 2 aromatic heterocycles. The zero-order valence-corrected chi connectivity index (χ0v) is 12.5. The minimum absolute atomic E-state index is 0. The number of nitrogens with one attached hydrogen (secondary N) is 1. The number of nitrogens with two attached hydrogens (primary N) is 1. The average molecular weight is 296 g/mol. The fourth-order valence-electron chi connectivity index (χ4n) is 1.93. The van der Waals surface area contributed by atoms with Gasteiger partial charge in [0.2, 0.25) is 0 Å². The van der Waals surface area contributed by atoms with Gasteiger partial charge >= 0.3 is 0 Å². The molecule has 108 valence electrons. The van der Waals surface area contributed by atoms with Crippen molar-refractivity contribution in [2.24, 2.45) is 7.05 Å². The molecule has 0 aromatic carbocycles. The summed E-state index contributed by atoms with van der Waals surface area (Å²) in [5.74, 6) is -0.228. The summed E-state index contributed by atoms with van der Waals surface area (Å²) in [6, 6.07) is 1.61. The van der Waals surface area contributed by atoms with Crippen molar-refractivity contribution >= 4 is 24.0 Å². The number of aromatic nitrogens is 3. The second-order valence-corrected chi connectivity index (χ2v) is 4.42. The lowest BCUT2D eigenvalue weighted by atomic mass is 10.2. The van der Waals surface area contributed by atoms with Gasteiger partial charge in [-0.05, 0) is 19.9 Å². The van der Waals surface area contributed by atoms with Gasteiger partial charge in [0.25, 0.3) is 5.91 Å². The summed E-state index contributed by atoms with van der Waals surface area (Å²) < 4.78 is 1.80. The molecule has 0 radical (unpaired) electrons. The first-order chi connectivity index (χ1) is 9.00. The van der Waals surface area contributed by atoms with Crippen LogP contribution in [0.3, 0.4) is 0 Å². The predicted molar refractivity (Wildman–Crippen MR) is 79.7 cm³/mol. The Labute approximate surface area is 123 Å². The zero-order valence-electron chi connectivity index (χ0n) is 11.7. The molecule has 0 aliphatic carbocycles. The molecule has 2 aromatic rings. The Morgan fingerprint density at radius 3 is 2.70 bits per heavy atom. The van der Waals surface area contributed by atoms with Gasteiger partial charge in [0.15, 0.2) is 0 Å². The molecule has 2 rings (SSSR count). The van der Waals surface area contributed by atoms with Gasteiger partial charge in [-0.25, -0.2) is 0 Å². The Morgan fingerprint density at radius 2 is 2.15 bits per heavy atom. The topological polar surface area (TPSA) is 85.8 Å². The molecular weight excluding hydrogens is 278 g/mol. The van der Waals surface area contributed by atoms with E-state index in [2.05, 4.69) is 15.4 Å². The van der Waals surface area contributed by atoms with Crippen molar-refractivity contribution in [3.8, 4) is 0 Å². The Morgan fingerprint density at radius 1 is 1.45 bits per heavy atom. The maximum Gasteiger partial charge on any atom is 0.255 e. The van der Waals surface area contributed by atoms with Crippen molar-refractivity contribution in [1.29, 1.82) is 0 Å². The highest BCUT2D eigenvalue weighted by Gasteiger charge is 2.13. The molecule has 2 heterocycles. The van der Waals surface area contributed by atoms with E-state index in [1.54, 1.807) is 16.9 Å². The number of nitrogen functional groups attached to an aromatic ring is 1. The molecule has 1 amide bonds. The molecule has 0 aliphatic heterocycles. The fourth-order valence-corrected chi connectivity index (χ4v) is 1.93. The second-order valence-electron chi connectivity index (χ2n) is 4.42. The Hall–Kier alpha value is -2.08. The number of hydrogen-bond acceptors (Lipinski definition) is 4. The first kappa shape index (κ1) is 16.0. The van der Waals surface area contributed by atoms with Crippen LogP contribution in [0.5, 0.6) is 0 Å². The lowest BCUT2D eigenvalue weighted by Crippen LogP contribution is -2.24. The van der Waals surface area contributed by atoms with Crippen molar-refractivity contribution < 1.29 is 4.79 Å². The highest BCUT2D eigenvalue weighted by molar-refractivity contribution is 5.98. The van der Waals surface area contributed by atoms with E-state index in [4.69, 9.17) is 5.73 Å². The van der Waals surface area contributed by atoms with Gasteiger partial charge in [0.1, 0.15) is 0 Å². The van der Waals surface area contributed by atoms with E-state index in [1.165, 1.54) is 6.20 Å². The molecule has 0 saturated heterocycles. The summed E-state index contributed by atoms with van der Waals surface area (Å²) in [6.45, 7) is 4.32. The summed E-state index contributed by atoms with van der Waals surface area (Å²) in [6.07, 6.45) is 3.02. The lowest BCUT2D eigenvalue weighted by molar-refractivity contribution is 0.0951. The Bertz CT molecular complexity index is 623. The first-order valence-corrected chi connectivity index (χ1v) is 5.97. The van der Waals surface area contributed by atoms with Gasteiger partial charge in [-0.1, -0.05) is 0 Å². The molecule has 0 atom stereocenters. The van der Waals surface area contributed by atoms with Crippen LogP contribution in [0.25, 0.3) is 0 Å². The fraction of sp³-hybridized carbons (Fsp3) is 0.308. The van der Waals surface area contributed by atoms with Gasteiger partial charge in [0.05, 0.1) is 11.3 Å². The van der Waals surface area contributed by atoms with Crippen LogP contribution in [0.1, 0.15) is 27.3 Å². The molecule has 0 bridgehead atoms. The van der Waals surface area contributed by atoms with Crippen LogP contribution in [-0.4, -0.2) is 20.7 Å². The third-order valence-electron chi connectivity index (χ3n) is 3.18. The van der Waals surface area contributed by atoms with Gasteiger partial charge in [-0.2, -0.15) is 5.10 Å². The summed E-state index contributed by atoms with van der Waals surface area (Å²) in [4.78, 5) is 15.9. The average Bonchev–Trinajstić information content (AvgIpc) is 2.61. The van der Waals surface area contributed by atoms with Gasteiger partial charge < -0.3 is 11.1 Å². The molecule has 6 nitrogen and oxygen atoms in total. The largest absolute Gasteiger partial charge is 0.398 e. The van der Waals surface area contributed by atoms with Gasteiger partial charge in [0, 0.05) is 42.9 Å². The number of carbonyl (C=O) groups is 1. The van der Waals surface area contributed by atoms with E-state index in [1.807, 2.05) is 20.9 Å². The number of amides is 1. The third-order valence-corrected chi connectivity index (χ3v) is 3.18. The van der Waals surface area contributed by atoms with E-state index in [0.29, 0.717) is 17.8 Å². The second kappa shape index (κ2) is 6.38. The smallest absolute Gasteiger partial charge is 0.255 e. The minimum atomic E-state index is -0.228. The van der Waals surface area contributed by atoms with E-state index < -0.39 is 0 Å². The first-order valence-electron chi connectivity index (χ1n) is 5.97. The van der Waals surface area contributed by atoms with Gasteiger partial charge in [-0.3, -0.25) is 14.5 Å². The third kappa shape index (κ3) is 3.08. The van der Waals surface area contributed by atoms with E-state index in [0.717, 1.165) is 17.0 Å². The number of aryl methyl sites for hydroxylation is 2. The van der Waals surface area contributed by atoms with Crippen molar-refractivity contribution in [2.75, 3.05) is 5.73 Å². The normalized spacial score (nSPS) is 9.95. The molecule has 0 spiro atoms. The van der Waals surface area contributed by atoms with Crippen molar-refractivity contribution in [1.82, 2.24) is 20.1 Å². The van der Waals surface area contributed by atoms with E-state index >= 15 is 0 Å². The highest BCUT2D eigenvalue weighted by Crippen LogP contribution is 2.13. The summed E-state index contributed by atoms with van der Waals surface area (Å²) >= 11 is 0. The monoisotopic (exact) mass is 295 g/mol. The number of hydrogen-bond donors (Lipinski definition) is 2. The van der Waals surface area contributed by atoms with E-state index in [-0.39, 0.29) is 18.3 Å². The number of pyridine rings is 1. The van der Waals surface area contributed by atoms with Crippen molar-refractivity contribution in [3.63, 3.8) is 0 Å². The van der Waals surface area contributed by atoms with Gasteiger partial charge in [-0.15, -0.1) is 12.4 Å². The SMILES string of the molecule is Cc1nn(C)c(C)c1CNC(=O)c1cnccc1N.Cl. The number of anilines is 1. The van der Waals surface area contributed by atoms with Crippen LogP contribution in [0.15, 0.2) is 18.5 Å². The molecular formula is C13H18ClN5O. The molecule has 7 heteroatoms. The molecule has 0 unspecified atom stereocenters. The number of nitrogens with zero attached hydrogens (tertiary/aromatic N) is 3. The lowest BCUT2D eigenvalue weighted by Gasteiger charge is -2.07. The Kier molecular flexibility index (Phi) is 5.10. The molecule has 0 saturated carbocycles. The molecule has 20 heavy (non-hydrogen) atoms. The highest BCUT2D eigenvalue weighted by atomic mass is 35.5. The molecule has 0 fully saturated rings. The molecule has 3 N–H and O–H groups in total. The number of carbonyl (C=O) groups excluding carboxylic acids is 1. The zero-order chi connectivity index (χ0) is 14.0. The van der Waals surface area contributed by atoms with Crippen molar-refractivity contribution in [2.45, 2.75) is 20.4 Å². The number of halogens is 1. The van der Waals surface area contributed by atoms with Crippen molar-refractivity contribution in [3.05, 3.63) is 41.0 Å². The maximum absolute atomic E-state index is 12.0. The van der Waals surface area contributed by atoms with Crippen LogP contribution >= 0.6 is 12.4 Å². The number of rotatable bonds is 3. The predicted octanol–water partition coefficient (Wildman–Crippen LogP) is 1.37. The van der Waals surface area contributed by atoms with Crippen LogP contribution in [0.2, 0.25) is 0 Å². The minimum Gasteiger partial charge on any atom is -0.398 e. The maximum atomic E-state index is 12.0. The summed E-state index contributed by atoms with van der Waals surface area (Å²) in [5.41, 5.74) is 9.53. The van der Waals surface area contributed by atoms with Crippen LogP contribution < -0.4 is 11.1 Å². The van der Waals surface area contributed by atoms with Crippen LogP contribution in [0.4, 0.5) is 5.69 Å².